The molecule has 1 rings (SSSR count). The largest absolute Gasteiger partial charge is 0.389 e. The van der Waals surface area contributed by atoms with E-state index in [1.165, 1.54) is 11.3 Å². The Kier molecular flexibility index (Phi) is 3.69. The highest BCUT2D eigenvalue weighted by Crippen LogP contribution is 2.29. The van der Waals surface area contributed by atoms with Gasteiger partial charge in [0.25, 0.3) is 5.91 Å². The van der Waals surface area contributed by atoms with Gasteiger partial charge in [-0.15, -0.1) is 11.3 Å². The molecule has 0 aliphatic heterocycles. The average molecular weight is 223 g/mol. The van der Waals surface area contributed by atoms with Gasteiger partial charge in [-0.2, -0.15) is 5.26 Å². The summed E-state index contributed by atoms with van der Waals surface area (Å²) >= 11 is 1.17. The number of nitrogens with one attached hydrogen (secondary N) is 1. The fraction of sp³-hybridized carbons (Fsp3) is 0.400. The Balaban J connectivity index is 2.96. The highest BCUT2D eigenvalue weighted by atomic mass is 32.1. The van der Waals surface area contributed by atoms with Crippen LogP contribution < -0.4 is 11.1 Å². The molecule has 0 saturated heterocycles. The molecule has 4 nitrogen and oxygen atoms in total. The number of anilines is 1. The Hall–Kier alpha value is -1.54. The molecule has 1 aromatic rings. The lowest BCUT2D eigenvalue weighted by Gasteiger charge is -2.01. The second-order valence-corrected chi connectivity index (χ2v) is 4.22. The molecule has 0 unspecified atom stereocenters. The maximum absolute atomic E-state index is 11.6. The second kappa shape index (κ2) is 4.80. The zero-order valence-corrected chi connectivity index (χ0v) is 9.57. The molecule has 3 N–H and O–H groups in total. The van der Waals surface area contributed by atoms with Crippen LogP contribution in [0.5, 0.6) is 0 Å². The molecule has 0 aromatic carbocycles. The summed E-state index contributed by atoms with van der Waals surface area (Å²) in [5, 5.41) is 12.0. The maximum atomic E-state index is 11.6. The van der Waals surface area contributed by atoms with Gasteiger partial charge in [0.1, 0.15) is 11.1 Å². The summed E-state index contributed by atoms with van der Waals surface area (Å²) in [6.45, 7) is 4.36. The molecule has 1 amide bonds. The van der Waals surface area contributed by atoms with Crippen molar-refractivity contribution >= 4 is 22.2 Å². The fourth-order valence-corrected chi connectivity index (χ4v) is 2.15. The Morgan fingerprint density at radius 2 is 2.33 bits per heavy atom. The molecule has 1 heterocycles. The molecular formula is C10H13N3OS. The van der Waals surface area contributed by atoms with Crippen molar-refractivity contribution < 1.29 is 4.79 Å². The first-order chi connectivity index (χ1) is 7.11. The number of nitrogen functional groups attached to an aromatic ring is 1. The molecule has 0 bridgehead atoms. The van der Waals surface area contributed by atoms with Crippen molar-refractivity contribution in [2.75, 3.05) is 12.3 Å². The molecule has 0 radical (unpaired) electrons. The smallest absolute Gasteiger partial charge is 0.261 e. The predicted octanol–water partition coefficient (Wildman–Crippen LogP) is 1.65. The molecular weight excluding hydrogens is 210 g/mol. The quantitative estimate of drug-likeness (QED) is 0.817. The van der Waals surface area contributed by atoms with Crippen LogP contribution >= 0.6 is 11.3 Å². The molecule has 0 aliphatic rings. The van der Waals surface area contributed by atoms with E-state index < -0.39 is 0 Å². The van der Waals surface area contributed by atoms with Gasteiger partial charge in [-0.25, -0.2) is 0 Å². The van der Waals surface area contributed by atoms with Crippen LogP contribution in [-0.2, 0) is 0 Å². The monoisotopic (exact) mass is 223 g/mol. The lowest BCUT2D eigenvalue weighted by Crippen LogP contribution is -2.23. The molecule has 0 spiro atoms. The third-order valence-corrected chi connectivity index (χ3v) is 3.15. The molecule has 0 saturated carbocycles. The van der Waals surface area contributed by atoms with E-state index >= 15 is 0 Å². The molecule has 0 aliphatic carbocycles. The van der Waals surface area contributed by atoms with Crippen molar-refractivity contribution in [1.29, 1.82) is 5.26 Å². The topological polar surface area (TPSA) is 78.9 Å². The number of nitriles is 1. The van der Waals surface area contributed by atoms with Crippen LogP contribution in [-0.4, -0.2) is 12.5 Å². The van der Waals surface area contributed by atoms with E-state index in [-0.39, 0.29) is 5.91 Å². The first-order valence-electron chi connectivity index (χ1n) is 4.69. The van der Waals surface area contributed by atoms with Gasteiger partial charge in [0.05, 0.1) is 10.4 Å². The van der Waals surface area contributed by atoms with Crippen LogP contribution in [0.2, 0.25) is 0 Å². The minimum Gasteiger partial charge on any atom is -0.389 e. The van der Waals surface area contributed by atoms with E-state index in [1.807, 2.05) is 13.0 Å². The second-order valence-electron chi connectivity index (χ2n) is 3.16. The molecule has 0 atom stereocenters. The normalized spacial score (nSPS) is 9.67. The standard InChI is InChI=1S/C10H13N3OS/c1-3-4-13-10(14)8-6(2)7(5-11)9(12)15-8/h3-4,12H2,1-2H3,(H,13,14). The number of thiophene rings is 1. The van der Waals surface area contributed by atoms with Gasteiger partial charge < -0.3 is 11.1 Å². The Morgan fingerprint density at radius 1 is 1.67 bits per heavy atom. The lowest BCUT2D eigenvalue weighted by molar-refractivity contribution is 0.0957. The van der Waals surface area contributed by atoms with Crippen LogP contribution in [0.25, 0.3) is 0 Å². The van der Waals surface area contributed by atoms with Crippen LogP contribution in [0, 0.1) is 18.3 Å². The summed E-state index contributed by atoms with van der Waals surface area (Å²) in [4.78, 5) is 12.2. The van der Waals surface area contributed by atoms with E-state index in [2.05, 4.69) is 5.32 Å². The van der Waals surface area contributed by atoms with Crippen molar-refractivity contribution in [2.24, 2.45) is 0 Å². The first kappa shape index (κ1) is 11.5. The van der Waals surface area contributed by atoms with Gasteiger partial charge >= 0.3 is 0 Å². The number of nitrogens with two attached hydrogens (primary N) is 1. The van der Waals surface area contributed by atoms with Gasteiger partial charge in [0, 0.05) is 6.54 Å². The highest BCUT2D eigenvalue weighted by molar-refractivity contribution is 7.18. The number of carbonyl (C=O) groups is 1. The summed E-state index contributed by atoms with van der Waals surface area (Å²) in [6.07, 6.45) is 0.886. The highest BCUT2D eigenvalue weighted by Gasteiger charge is 2.17. The Morgan fingerprint density at radius 3 is 2.80 bits per heavy atom. The van der Waals surface area contributed by atoms with Crippen LogP contribution in [0.3, 0.4) is 0 Å². The van der Waals surface area contributed by atoms with Crippen molar-refractivity contribution in [3.05, 3.63) is 16.0 Å². The van der Waals surface area contributed by atoms with E-state index in [1.54, 1.807) is 6.92 Å². The number of nitrogens with zero attached hydrogens (tertiary/aromatic N) is 1. The van der Waals surface area contributed by atoms with Crippen molar-refractivity contribution in [3.8, 4) is 6.07 Å². The van der Waals surface area contributed by atoms with Crippen molar-refractivity contribution in [2.45, 2.75) is 20.3 Å². The Labute approximate surface area is 92.7 Å². The van der Waals surface area contributed by atoms with E-state index in [4.69, 9.17) is 11.0 Å². The summed E-state index contributed by atoms with van der Waals surface area (Å²) in [6, 6.07) is 2.00. The van der Waals surface area contributed by atoms with E-state index in [0.29, 0.717) is 27.5 Å². The maximum Gasteiger partial charge on any atom is 0.261 e. The zero-order chi connectivity index (χ0) is 11.4. The van der Waals surface area contributed by atoms with Crippen LogP contribution in [0.15, 0.2) is 0 Å². The fourth-order valence-electron chi connectivity index (χ4n) is 1.21. The van der Waals surface area contributed by atoms with Crippen LogP contribution in [0.1, 0.15) is 34.1 Å². The molecule has 5 heteroatoms. The molecule has 80 valence electrons. The van der Waals surface area contributed by atoms with Gasteiger partial charge in [-0.3, -0.25) is 4.79 Å². The third-order valence-electron chi connectivity index (χ3n) is 2.03. The molecule has 0 fully saturated rings. The van der Waals surface area contributed by atoms with Crippen LogP contribution in [0.4, 0.5) is 5.00 Å². The summed E-state index contributed by atoms with van der Waals surface area (Å²) in [5.41, 5.74) is 6.73. The number of carbonyl (C=O) groups excluding carboxylic acids is 1. The van der Waals surface area contributed by atoms with Gasteiger partial charge in [-0.05, 0) is 18.9 Å². The van der Waals surface area contributed by atoms with Gasteiger partial charge in [0.2, 0.25) is 0 Å². The lowest BCUT2D eigenvalue weighted by atomic mass is 10.1. The third kappa shape index (κ3) is 2.28. The first-order valence-corrected chi connectivity index (χ1v) is 5.50. The SMILES string of the molecule is CCCNC(=O)c1sc(N)c(C#N)c1C. The van der Waals surface area contributed by atoms with Crippen molar-refractivity contribution in [3.63, 3.8) is 0 Å². The summed E-state index contributed by atoms with van der Waals surface area (Å²) < 4.78 is 0. The minimum absolute atomic E-state index is 0.146. The van der Waals surface area contributed by atoms with Gasteiger partial charge in [-0.1, -0.05) is 6.92 Å². The minimum atomic E-state index is -0.146. The molecule has 1 aromatic heterocycles. The zero-order valence-electron chi connectivity index (χ0n) is 8.76. The summed E-state index contributed by atoms with van der Waals surface area (Å²) in [7, 11) is 0. The summed E-state index contributed by atoms with van der Waals surface area (Å²) in [5.74, 6) is -0.146. The van der Waals surface area contributed by atoms with E-state index in [9.17, 15) is 4.79 Å². The number of rotatable bonds is 3. The number of hydrogen-bond donors (Lipinski definition) is 2. The van der Waals surface area contributed by atoms with Gasteiger partial charge in [0.15, 0.2) is 0 Å². The Bertz CT molecular complexity index is 417. The average Bonchev–Trinajstić information content (AvgIpc) is 2.50. The van der Waals surface area contributed by atoms with E-state index in [0.717, 1.165) is 6.42 Å². The van der Waals surface area contributed by atoms with Crippen molar-refractivity contribution in [1.82, 2.24) is 5.32 Å². The predicted molar refractivity (Wildman–Crippen MR) is 60.8 cm³/mol. The number of amides is 1. The number of hydrogen-bond acceptors (Lipinski definition) is 4. The molecule has 15 heavy (non-hydrogen) atoms.